The molecule has 5 heteroatoms. The molecule has 3 nitrogen and oxygen atoms in total. The van der Waals surface area contributed by atoms with Crippen molar-refractivity contribution >= 4 is 24.5 Å². The molecular formula is C13H21O3PS. The van der Waals surface area contributed by atoms with E-state index in [1.807, 2.05) is 45.2 Å². The van der Waals surface area contributed by atoms with E-state index in [2.05, 4.69) is 6.58 Å². The van der Waals surface area contributed by atoms with Crippen LogP contribution in [0.5, 0.6) is 0 Å². The van der Waals surface area contributed by atoms with Crippen LogP contribution in [0.15, 0.2) is 24.1 Å². The lowest BCUT2D eigenvalue weighted by Gasteiger charge is -2.23. The van der Waals surface area contributed by atoms with E-state index in [0.717, 1.165) is 10.5 Å². The first kappa shape index (κ1) is 15.6. The van der Waals surface area contributed by atoms with Gasteiger partial charge in [0.15, 0.2) is 0 Å². The predicted octanol–water partition coefficient (Wildman–Crippen LogP) is 4.80. The van der Waals surface area contributed by atoms with Gasteiger partial charge in [0.2, 0.25) is 0 Å². The van der Waals surface area contributed by atoms with E-state index in [0.29, 0.717) is 0 Å². The van der Waals surface area contributed by atoms with E-state index in [-0.39, 0.29) is 18.4 Å². The summed E-state index contributed by atoms with van der Waals surface area (Å²) in [5.41, 5.74) is 0.801. The molecule has 0 fully saturated rings. The highest BCUT2D eigenvalue weighted by Crippen LogP contribution is 2.53. The molecule has 0 amide bonds. The summed E-state index contributed by atoms with van der Waals surface area (Å²) in [5, 5.41) is 1.97. The Bertz CT molecular complexity index is 409. The van der Waals surface area contributed by atoms with Crippen molar-refractivity contribution in [2.24, 2.45) is 0 Å². The van der Waals surface area contributed by atoms with Gasteiger partial charge in [-0.25, -0.2) is 0 Å². The van der Waals surface area contributed by atoms with Crippen LogP contribution in [0.1, 0.15) is 32.6 Å². The summed E-state index contributed by atoms with van der Waals surface area (Å²) in [6.45, 7) is 11.4. The van der Waals surface area contributed by atoms with E-state index in [4.69, 9.17) is 9.05 Å². The van der Waals surface area contributed by atoms with Gasteiger partial charge in [0.1, 0.15) is 0 Å². The first-order valence-corrected chi connectivity index (χ1v) is 8.60. The lowest BCUT2D eigenvalue weighted by atomic mass is 10.3. The van der Waals surface area contributed by atoms with Crippen LogP contribution in [0.25, 0.3) is 5.57 Å². The Hall–Kier alpha value is -0.410. The first-order valence-electron chi connectivity index (χ1n) is 6.00. The Morgan fingerprint density at radius 1 is 1.33 bits per heavy atom. The first-order chi connectivity index (χ1) is 8.32. The van der Waals surface area contributed by atoms with Gasteiger partial charge in [0.05, 0.1) is 18.4 Å². The smallest absolute Gasteiger partial charge is 0.306 e. The quantitative estimate of drug-likeness (QED) is 0.676. The minimum absolute atomic E-state index is 0.134. The summed E-state index contributed by atoms with van der Waals surface area (Å²) >= 11 is 1.58. The number of hydrogen-bond donors (Lipinski definition) is 0. The molecule has 0 bridgehead atoms. The van der Waals surface area contributed by atoms with Crippen LogP contribution in [-0.4, -0.2) is 18.4 Å². The molecule has 0 N–H and O–H groups in total. The van der Waals surface area contributed by atoms with Crippen LogP contribution in [0, 0.1) is 0 Å². The van der Waals surface area contributed by atoms with Gasteiger partial charge in [0.25, 0.3) is 0 Å². The molecular weight excluding hydrogens is 267 g/mol. The fourth-order valence-corrected chi connectivity index (χ4v) is 4.46. The zero-order chi connectivity index (χ0) is 13.8. The fraction of sp³-hybridized carbons (Fsp3) is 0.538. The summed E-state index contributed by atoms with van der Waals surface area (Å²) in [7, 11) is -3.12. The lowest BCUT2D eigenvalue weighted by molar-refractivity contribution is 0.144. The molecule has 0 aliphatic heterocycles. The van der Waals surface area contributed by atoms with Crippen molar-refractivity contribution in [2.75, 3.05) is 6.16 Å². The maximum Gasteiger partial charge on any atom is 0.335 e. The van der Waals surface area contributed by atoms with E-state index < -0.39 is 7.60 Å². The standard InChI is InChI=1S/C13H21O3PS/c1-10(2)15-17(14,16-11(3)4)9-12(5)13-7-6-8-18-13/h6-8,10-11H,5,9H2,1-4H3. The van der Waals surface area contributed by atoms with E-state index in [1.54, 1.807) is 11.3 Å². The third kappa shape index (κ3) is 5.07. The van der Waals surface area contributed by atoms with Crippen molar-refractivity contribution in [3.8, 4) is 0 Å². The van der Waals surface area contributed by atoms with Crippen molar-refractivity contribution in [1.82, 2.24) is 0 Å². The number of hydrogen-bond acceptors (Lipinski definition) is 4. The number of rotatable bonds is 7. The summed E-state index contributed by atoms with van der Waals surface area (Å²) < 4.78 is 23.6. The second-order valence-electron chi connectivity index (χ2n) is 4.66. The SMILES string of the molecule is C=C(CP(=O)(OC(C)C)OC(C)C)c1cccs1. The van der Waals surface area contributed by atoms with Gasteiger partial charge < -0.3 is 9.05 Å². The van der Waals surface area contributed by atoms with Crippen molar-refractivity contribution in [1.29, 1.82) is 0 Å². The molecule has 0 spiro atoms. The highest BCUT2D eigenvalue weighted by molar-refractivity contribution is 7.54. The second kappa shape index (κ2) is 6.67. The molecule has 102 valence electrons. The van der Waals surface area contributed by atoms with Crippen LogP contribution < -0.4 is 0 Å². The molecule has 0 aromatic carbocycles. The van der Waals surface area contributed by atoms with Gasteiger partial charge in [-0.2, -0.15) is 0 Å². The largest absolute Gasteiger partial charge is 0.335 e. The minimum atomic E-state index is -3.12. The molecule has 1 rings (SSSR count). The van der Waals surface area contributed by atoms with Gasteiger partial charge in [0, 0.05) is 4.88 Å². The molecule has 0 saturated heterocycles. The van der Waals surface area contributed by atoms with Crippen molar-refractivity contribution < 1.29 is 13.6 Å². The second-order valence-corrected chi connectivity index (χ2v) is 7.57. The Morgan fingerprint density at radius 2 is 1.89 bits per heavy atom. The molecule has 0 aliphatic rings. The van der Waals surface area contributed by atoms with Crippen molar-refractivity contribution in [3.05, 3.63) is 29.0 Å². The fourth-order valence-electron chi connectivity index (χ4n) is 1.53. The number of thiophene rings is 1. The van der Waals surface area contributed by atoms with Gasteiger partial charge in [-0.15, -0.1) is 11.3 Å². The Labute approximate surface area is 113 Å². The molecule has 0 unspecified atom stereocenters. The topological polar surface area (TPSA) is 35.5 Å². The molecule has 1 aromatic heterocycles. The maximum atomic E-state index is 12.6. The highest BCUT2D eigenvalue weighted by Gasteiger charge is 2.29. The van der Waals surface area contributed by atoms with Crippen LogP contribution in [0.4, 0.5) is 0 Å². The van der Waals surface area contributed by atoms with Gasteiger partial charge in [-0.3, -0.25) is 4.57 Å². The summed E-state index contributed by atoms with van der Waals surface area (Å²) in [4.78, 5) is 1.02. The maximum absolute atomic E-state index is 12.6. The summed E-state index contributed by atoms with van der Waals surface area (Å²) in [6.07, 6.45) is -0.0272. The zero-order valence-electron chi connectivity index (χ0n) is 11.4. The molecule has 18 heavy (non-hydrogen) atoms. The summed E-state index contributed by atoms with van der Waals surface area (Å²) in [6, 6.07) is 3.91. The average Bonchev–Trinajstić information content (AvgIpc) is 2.65. The van der Waals surface area contributed by atoms with E-state index in [9.17, 15) is 4.57 Å². The van der Waals surface area contributed by atoms with Gasteiger partial charge in [-0.05, 0) is 44.7 Å². The van der Waals surface area contributed by atoms with Gasteiger partial charge in [-0.1, -0.05) is 12.6 Å². The van der Waals surface area contributed by atoms with E-state index >= 15 is 0 Å². The molecule has 0 aliphatic carbocycles. The van der Waals surface area contributed by atoms with Crippen LogP contribution in [0.2, 0.25) is 0 Å². The zero-order valence-corrected chi connectivity index (χ0v) is 13.1. The normalized spacial score (nSPS) is 12.3. The van der Waals surface area contributed by atoms with Crippen LogP contribution in [0.3, 0.4) is 0 Å². The van der Waals surface area contributed by atoms with Crippen molar-refractivity contribution in [3.63, 3.8) is 0 Å². The number of allylic oxidation sites excluding steroid dienone is 1. The summed E-state index contributed by atoms with van der Waals surface area (Å²) in [5.74, 6) is 0. The molecule has 1 aromatic rings. The monoisotopic (exact) mass is 288 g/mol. The average molecular weight is 288 g/mol. The Morgan fingerprint density at radius 3 is 2.28 bits per heavy atom. The third-order valence-electron chi connectivity index (χ3n) is 2.00. The Balaban J connectivity index is 2.78. The third-order valence-corrected chi connectivity index (χ3v) is 5.22. The van der Waals surface area contributed by atoms with Crippen LogP contribution in [-0.2, 0) is 13.6 Å². The van der Waals surface area contributed by atoms with Gasteiger partial charge >= 0.3 is 7.60 Å². The molecule has 0 atom stereocenters. The van der Waals surface area contributed by atoms with Crippen LogP contribution >= 0.6 is 18.9 Å². The van der Waals surface area contributed by atoms with E-state index in [1.165, 1.54) is 0 Å². The molecule has 1 heterocycles. The molecule has 0 radical (unpaired) electrons. The minimum Gasteiger partial charge on any atom is -0.306 e. The lowest BCUT2D eigenvalue weighted by Crippen LogP contribution is -2.10. The highest BCUT2D eigenvalue weighted by atomic mass is 32.1. The Kier molecular flexibility index (Phi) is 5.80. The van der Waals surface area contributed by atoms with Crippen molar-refractivity contribution in [2.45, 2.75) is 39.9 Å². The predicted molar refractivity (Wildman–Crippen MR) is 78.3 cm³/mol. The molecule has 0 saturated carbocycles.